The highest BCUT2D eigenvalue weighted by Gasteiger charge is 2.03. The van der Waals surface area contributed by atoms with E-state index >= 15 is 0 Å². The van der Waals surface area contributed by atoms with Gasteiger partial charge in [0.1, 0.15) is 0 Å². The molecular formula is C13H12N4. The summed E-state index contributed by atoms with van der Waals surface area (Å²) in [4.78, 5) is 8.27. The molecule has 3 aromatic rings. The summed E-state index contributed by atoms with van der Waals surface area (Å²) >= 11 is 0. The van der Waals surface area contributed by atoms with Crippen LogP contribution in [0.25, 0.3) is 16.6 Å². The maximum atomic E-state index is 5.58. The summed E-state index contributed by atoms with van der Waals surface area (Å²) < 4.78 is 1.99. The second-order valence-corrected chi connectivity index (χ2v) is 3.88. The van der Waals surface area contributed by atoms with Crippen molar-refractivity contribution in [2.24, 2.45) is 5.73 Å². The van der Waals surface area contributed by atoms with Gasteiger partial charge in [0.25, 0.3) is 0 Å². The summed E-state index contributed by atoms with van der Waals surface area (Å²) in [5.74, 6) is 0. The third kappa shape index (κ3) is 1.79. The van der Waals surface area contributed by atoms with Crippen LogP contribution in [0, 0.1) is 0 Å². The molecule has 0 bridgehead atoms. The third-order valence-electron chi connectivity index (χ3n) is 2.76. The number of hydrogen-bond donors (Lipinski definition) is 1. The first-order valence-electron chi connectivity index (χ1n) is 5.44. The monoisotopic (exact) mass is 224 g/mol. The van der Waals surface area contributed by atoms with E-state index < -0.39 is 0 Å². The Balaban J connectivity index is 2.14. The molecule has 3 heterocycles. The number of nitrogens with zero attached hydrogens (tertiary/aromatic N) is 3. The second kappa shape index (κ2) is 3.99. The molecule has 4 nitrogen and oxygen atoms in total. The highest BCUT2D eigenvalue weighted by Crippen LogP contribution is 2.21. The van der Waals surface area contributed by atoms with Crippen molar-refractivity contribution in [3.8, 4) is 11.1 Å². The Bertz CT molecular complexity index is 643. The lowest BCUT2D eigenvalue weighted by molar-refractivity contribution is 0.953. The van der Waals surface area contributed by atoms with E-state index in [1.54, 1.807) is 18.7 Å². The average Bonchev–Trinajstić information content (AvgIpc) is 2.82. The quantitative estimate of drug-likeness (QED) is 0.722. The maximum absolute atomic E-state index is 5.58. The molecular weight excluding hydrogens is 212 g/mol. The Hall–Kier alpha value is -2.20. The fraction of sp³-hybridized carbons (Fsp3) is 0.0769. The lowest BCUT2D eigenvalue weighted by Gasteiger charge is -1.96. The number of nitrogens with two attached hydrogens (primary N) is 1. The zero-order chi connectivity index (χ0) is 11.7. The fourth-order valence-corrected chi connectivity index (χ4v) is 1.87. The van der Waals surface area contributed by atoms with E-state index in [-0.39, 0.29) is 0 Å². The highest BCUT2D eigenvalue weighted by atomic mass is 14.9. The molecule has 0 fully saturated rings. The van der Waals surface area contributed by atoms with Crippen molar-refractivity contribution in [1.29, 1.82) is 0 Å². The summed E-state index contributed by atoms with van der Waals surface area (Å²) in [6, 6.07) is 8.11. The van der Waals surface area contributed by atoms with Crippen LogP contribution in [0.4, 0.5) is 0 Å². The molecule has 0 aliphatic carbocycles. The van der Waals surface area contributed by atoms with Crippen molar-refractivity contribution in [1.82, 2.24) is 14.4 Å². The Morgan fingerprint density at radius 3 is 2.71 bits per heavy atom. The van der Waals surface area contributed by atoms with Crippen molar-refractivity contribution < 1.29 is 0 Å². The Morgan fingerprint density at radius 1 is 1.12 bits per heavy atom. The van der Waals surface area contributed by atoms with Crippen LogP contribution in [0.2, 0.25) is 0 Å². The van der Waals surface area contributed by atoms with Crippen LogP contribution in [0.3, 0.4) is 0 Å². The summed E-state index contributed by atoms with van der Waals surface area (Å²) in [6.07, 6.45) is 7.43. The van der Waals surface area contributed by atoms with Crippen molar-refractivity contribution in [2.75, 3.05) is 0 Å². The van der Waals surface area contributed by atoms with E-state index in [1.165, 1.54) is 0 Å². The molecule has 0 aromatic carbocycles. The molecule has 2 N–H and O–H groups in total. The predicted molar refractivity (Wildman–Crippen MR) is 66.3 cm³/mol. The van der Waals surface area contributed by atoms with Crippen LogP contribution in [0.5, 0.6) is 0 Å². The Morgan fingerprint density at radius 2 is 1.94 bits per heavy atom. The molecule has 0 saturated carbocycles. The number of fused-ring (bicyclic) bond motifs is 1. The van der Waals surface area contributed by atoms with Gasteiger partial charge in [-0.15, -0.1) is 0 Å². The minimum absolute atomic E-state index is 0.465. The SMILES string of the molecule is NCc1cc2cc(-c3ccncc3)cn2cn1. The molecule has 3 rings (SSSR count). The molecule has 0 atom stereocenters. The van der Waals surface area contributed by atoms with Gasteiger partial charge in [-0.25, -0.2) is 4.98 Å². The number of hydrogen-bond acceptors (Lipinski definition) is 3. The first-order valence-corrected chi connectivity index (χ1v) is 5.44. The van der Waals surface area contributed by atoms with Crippen molar-refractivity contribution in [3.63, 3.8) is 0 Å². The van der Waals surface area contributed by atoms with Crippen molar-refractivity contribution in [3.05, 3.63) is 54.9 Å². The second-order valence-electron chi connectivity index (χ2n) is 3.88. The van der Waals surface area contributed by atoms with Crippen LogP contribution >= 0.6 is 0 Å². The summed E-state index contributed by atoms with van der Waals surface area (Å²) in [5.41, 5.74) is 9.89. The molecule has 0 unspecified atom stereocenters. The Kier molecular flexibility index (Phi) is 2.34. The van der Waals surface area contributed by atoms with Gasteiger partial charge in [-0.05, 0) is 29.8 Å². The van der Waals surface area contributed by atoms with Gasteiger partial charge in [0.2, 0.25) is 0 Å². The highest BCUT2D eigenvalue weighted by molar-refractivity contribution is 5.69. The zero-order valence-corrected chi connectivity index (χ0v) is 9.24. The molecule has 0 radical (unpaired) electrons. The first kappa shape index (κ1) is 9.99. The number of rotatable bonds is 2. The van der Waals surface area contributed by atoms with Gasteiger partial charge in [-0.3, -0.25) is 4.98 Å². The molecule has 0 saturated heterocycles. The van der Waals surface area contributed by atoms with E-state index in [2.05, 4.69) is 22.2 Å². The van der Waals surface area contributed by atoms with E-state index in [1.807, 2.05) is 22.6 Å². The lowest BCUT2D eigenvalue weighted by Crippen LogP contribution is -2.00. The van der Waals surface area contributed by atoms with Gasteiger partial charge in [-0.2, -0.15) is 0 Å². The van der Waals surface area contributed by atoms with Crippen molar-refractivity contribution >= 4 is 5.52 Å². The zero-order valence-electron chi connectivity index (χ0n) is 9.24. The molecule has 0 amide bonds. The third-order valence-corrected chi connectivity index (χ3v) is 2.76. The van der Waals surface area contributed by atoms with E-state index in [4.69, 9.17) is 5.73 Å². The molecule has 84 valence electrons. The minimum atomic E-state index is 0.465. The van der Waals surface area contributed by atoms with Crippen LogP contribution in [-0.2, 0) is 6.54 Å². The molecule has 0 spiro atoms. The van der Waals surface area contributed by atoms with E-state index in [0.717, 1.165) is 22.3 Å². The topological polar surface area (TPSA) is 56.2 Å². The summed E-state index contributed by atoms with van der Waals surface area (Å²) in [7, 11) is 0. The van der Waals surface area contributed by atoms with E-state index in [0.29, 0.717) is 6.54 Å². The Labute approximate surface area is 98.8 Å². The molecule has 4 heteroatoms. The van der Waals surface area contributed by atoms with E-state index in [9.17, 15) is 0 Å². The van der Waals surface area contributed by atoms with Gasteiger partial charge in [0.15, 0.2) is 0 Å². The van der Waals surface area contributed by atoms with Gasteiger partial charge in [0, 0.05) is 36.2 Å². The molecule has 0 aliphatic rings. The lowest BCUT2D eigenvalue weighted by atomic mass is 10.1. The van der Waals surface area contributed by atoms with Crippen LogP contribution < -0.4 is 5.73 Å². The summed E-state index contributed by atoms with van der Waals surface area (Å²) in [5, 5.41) is 0. The number of aromatic nitrogens is 3. The van der Waals surface area contributed by atoms with Crippen LogP contribution in [0.1, 0.15) is 5.69 Å². The van der Waals surface area contributed by atoms with Gasteiger partial charge in [-0.1, -0.05) is 0 Å². The van der Waals surface area contributed by atoms with Crippen LogP contribution in [0.15, 0.2) is 49.2 Å². The fourth-order valence-electron chi connectivity index (χ4n) is 1.87. The first-order chi connectivity index (χ1) is 8.36. The largest absolute Gasteiger partial charge is 0.325 e. The smallest absolute Gasteiger partial charge is 0.0994 e. The molecule has 17 heavy (non-hydrogen) atoms. The van der Waals surface area contributed by atoms with Gasteiger partial charge < -0.3 is 10.1 Å². The summed E-state index contributed by atoms with van der Waals surface area (Å²) in [6.45, 7) is 0.465. The van der Waals surface area contributed by atoms with Crippen molar-refractivity contribution in [2.45, 2.75) is 6.54 Å². The molecule has 3 aromatic heterocycles. The standard InChI is InChI=1S/C13H12N4/c14-7-12-6-13-5-11(8-17(13)9-16-12)10-1-3-15-4-2-10/h1-6,8-9H,7,14H2. The number of pyridine rings is 1. The average molecular weight is 224 g/mol. The van der Waals surface area contributed by atoms with Crippen LogP contribution in [-0.4, -0.2) is 14.4 Å². The van der Waals surface area contributed by atoms with Gasteiger partial charge >= 0.3 is 0 Å². The predicted octanol–water partition coefficient (Wildman–Crippen LogP) is 1.85. The van der Waals surface area contributed by atoms with Gasteiger partial charge in [0.05, 0.1) is 12.0 Å². The molecule has 0 aliphatic heterocycles. The normalized spacial score (nSPS) is 10.9. The minimum Gasteiger partial charge on any atom is -0.325 e. The maximum Gasteiger partial charge on any atom is 0.0994 e.